The maximum atomic E-state index is 13.4. The van der Waals surface area contributed by atoms with Gasteiger partial charge in [0.1, 0.15) is 11.2 Å². The first kappa shape index (κ1) is 50.6. The summed E-state index contributed by atoms with van der Waals surface area (Å²) in [6.45, 7) is 13.7. The number of carbonyl (C=O) groups excluding carboxylic acids is 2. The summed E-state index contributed by atoms with van der Waals surface area (Å²) in [5.74, 6) is 0.0223. The molecule has 0 bridgehead atoms. The highest BCUT2D eigenvalue weighted by Gasteiger charge is 2.46. The summed E-state index contributed by atoms with van der Waals surface area (Å²) >= 11 is 0. The highest BCUT2D eigenvalue weighted by Crippen LogP contribution is 2.46. The van der Waals surface area contributed by atoms with Gasteiger partial charge in [0.15, 0.2) is 8.32 Å². The molecule has 2 aromatic heterocycles. The maximum absolute atomic E-state index is 13.4. The Labute approximate surface area is 387 Å². The third-order valence-corrected chi connectivity index (χ3v) is 19.4. The summed E-state index contributed by atoms with van der Waals surface area (Å²) < 4.78 is 98.0. The number of halogens is 6. The van der Waals surface area contributed by atoms with Crippen molar-refractivity contribution in [2.45, 2.75) is 127 Å². The second kappa shape index (κ2) is 19.2. The topological polar surface area (TPSA) is 161 Å². The summed E-state index contributed by atoms with van der Waals surface area (Å²) in [4.78, 5) is 28.9. The molecule has 0 atom stereocenters. The molecule has 0 saturated heterocycles. The minimum Gasteiger partial charge on any atom is -0.449 e. The quantitative estimate of drug-likeness (QED) is 0.0765. The molecule has 5 N–H and O–H groups in total. The Morgan fingerprint density at radius 2 is 1.12 bits per heavy atom. The standard InChI is InChI=1S/C27H39F3N2O4Si.C21H25F3N2O4/c1-25(2,3)37(4,5)36-26(17-33)11-8-18(9-12-26)10-14-32-15-13-31-24(34)23-22(32)20-16-19(27(28,29)30)6-7-21(20)35-23;22-21(23,24)14-1-2-16-15(11-14)17-18(30-16)19(28)25-8-10-26(17)9-5-13-3-6-20(29,12-27)7-4-13/h6-7,16,18,33H,8-15,17H2,1-5H3,(H,31,34);1-2,11,13,27,29H,3-10,12H2,(H,25,28). The highest BCUT2D eigenvalue weighted by atomic mass is 28.4. The zero-order chi connectivity index (χ0) is 48.7. The molecule has 67 heavy (non-hydrogen) atoms. The molecule has 4 heterocycles. The molecule has 12 nitrogen and oxygen atoms in total. The molecular formula is C48H64F6N4O8Si. The van der Waals surface area contributed by atoms with Gasteiger partial charge in [-0.3, -0.25) is 9.59 Å². The summed E-state index contributed by atoms with van der Waals surface area (Å²) in [7, 11) is -2.04. The van der Waals surface area contributed by atoms with Gasteiger partial charge in [-0.05, 0) is 131 Å². The van der Waals surface area contributed by atoms with Crippen LogP contribution in [0.2, 0.25) is 18.1 Å². The van der Waals surface area contributed by atoms with Gasteiger partial charge in [0, 0.05) is 50.0 Å². The number of carbonyl (C=O) groups is 2. The van der Waals surface area contributed by atoms with Gasteiger partial charge in [0.2, 0.25) is 11.5 Å². The predicted molar refractivity (Wildman–Crippen MR) is 245 cm³/mol. The van der Waals surface area contributed by atoms with Gasteiger partial charge in [-0.15, -0.1) is 0 Å². The Bertz CT molecular complexity index is 2390. The van der Waals surface area contributed by atoms with Crippen LogP contribution < -0.4 is 20.4 Å². The molecular weight excluding hydrogens is 903 g/mol. The minimum absolute atomic E-state index is 0.0119. The Kier molecular flexibility index (Phi) is 14.5. The van der Waals surface area contributed by atoms with Gasteiger partial charge in [0.25, 0.3) is 11.8 Å². The predicted octanol–water partition coefficient (Wildman–Crippen LogP) is 9.64. The van der Waals surface area contributed by atoms with Crippen molar-refractivity contribution in [1.82, 2.24) is 10.6 Å². The summed E-state index contributed by atoms with van der Waals surface area (Å²) in [5.41, 5.74) is -1.67. The van der Waals surface area contributed by atoms with E-state index in [1.807, 2.05) is 9.80 Å². The molecule has 2 fully saturated rings. The maximum Gasteiger partial charge on any atom is 0.416 e. The van der Waals surface area contributed by atoms with Gasteiger partial charge in [-0.25, -0.2) is 0 Å². The number of benzene rings is 2. The molecule has 0 unspecified atom stereocenters. The van der Waals surface area contributed by atoms with E-state index in [4.69, 9.17) is 13.3 Å². The molecule has 2 amide bonds. The number of aliphatic hydroxyl groups is 3. The number of alkyl halides is 6. The van der Waals surface area contributed by atoms with Gasteiger partial charge in [-0.1, -0.05) is 20.8 Å². The van der Waals surface area contributed by atoms with Crippen LogP contribution in [-0.2, 0) is 16.8 Å². The third-order valence-electron chi connectivity index (χ3n) is 14.9. The first-order chi connectivity index (χ1) is 31.4. The lowest BCUT2D eigenvalue weighted by Crippen LogP contribution is -2.53. The average Bonchev–Trinajstić information content (AvgIpc) is 3.75. The van der Waals surface area contributed by atoms with E-state index >= 15 is 0 Å². The first-order valence-electron chi connectivity index (χ1n) is 23.3. The molecule has 2 aliphatic heterocycles. The lowest BCUT2D eigenvalue weighted by molar-refractivity contribution is -0.138. The molecule has 4 aliphatic rings. The lowest BCUT2D eigenvalue weighted by Gasteiger charge is -2.48. The first-order valence-corrected chi connectivity index (χ1v) is 26.2. The van der Waals surface area contributed by atoms with Crippen LogP contribution >= 0.6 is 0 Å². The minimum atomic E-state index is -4.48. The van der Waals surface area contributed by atoms with Crippen LogP contribution in [0.15, 0.2) is 45.2 Å². The molecule has 8 rings (SSSR count). The number of aliphatic hydroxyl groups excluding tert-OH is 2. The SMILES string of the molecule is CC(C)(C)[Si](C)(C)OC1(CO)CCC(CCN2CCNC(=O)c3oc4ccc(C(F)(F)F)cc4c32)CC1.O=C1NCCN(CCC2CCC(O)(CO)CC2)c2c1oc1ccc(C(F)(F)F)cc21. The van der Waals surface area contributed by atoms with Crippen molar-refractivity contribution in [2.24, 2.45) is 11.8 Å². The fourth-order valence-corrected chi connectivity index (χ4v) is 11.4. The van der Waals surface area contributed by atoms with Crippen LogP contribution in [-0.4, -0.2) is 99.1 Å². The van der Waals surface area contributed by atoms with Gasteiger partial charge < -0.3 is 49.0 Å². The highest BCUT2D eigenvalue weighted by molar-refractivity contribution is 6.74. The number of nitrogens with one attached hydrogen (secondary N) is 2. The molecule has 0 radical (unpaired) electrons. The monoisotopic (exact) mass is 966 g/mol. The van der Waals surface area contributed by atoms with Crippen molar-refractivity contribution >= 4 is 53.4 Å². The van der Waals surface area contributed by atoms with Crippen molar-refractivity contribution < 1.29 is 64.5 Å². The molecule has 2 aromatic carbocycles. The number of hydrogen-bond acceptors (Lipinski definition) is 10. The van der Waals surface area contributed by atoms with Crippen molar-refractivity contribution in [3.63, 3.8) is 0 Å². The van der Waals surface area contributed by atoms with Crippen molar-refractivity contribution in [3.8, 4) is 0 Å². The second-order valence-electron chi connectivity index (χ2n) is 20.5. The molecule has 2 aliphatic carbocycles. The van der Waals surface area contributed by atoms with Crippen LogP contribution in [0.4, 0.5) is 37.7 Å². The van der Waals surface area contributed by atoms with Crippen molar-refractivity contribution in [1.29, 1.82) is 0 Å². The van der Waals surface area contributed by atoms with E-state index in [9.17, 15) is 51.3 Å². The van der Waals surface area contributed by atoms with E-state index in [0.717, 1.165) is 75.6 Å². The van der Waals surface area contributed by atoms with E-state index in [0.29, 0.717) is 80.7 Å². The summed E-state index contributed by atoms with van der Waals surface area (Å²) in [5, 5.41) is 35.9. The molecule has 4 aromatic rings. The average molecular weight is 967 g/mol. The summed E-state index contributed by atoms with van der Waals surface area (Å²) in [6, 6.07) is 6.61. The second-order valence-corrected chi connectivity index (χ2v) is 25.2. The van der Waals surface area contributed by atoms with Crippen molar-refractivity contribution in [3.05, 3.63) is 59.0 Å². The Balaban J connectivity index is 0.000000203. The Hall–Kier alpha value is -4.30. The molecule has 2 saturated carbocycles. The van der Waals surface area contributed by atoms with E-state index in [1.165, 1.54) is 12.1 Å². The fourth-order valence-electron chi connectivity index (χ4n) is 9.72. The molecule has 370 valence electrons. The molecule has 0 spiro atoms. The fraction of sp³-hybridized carbons (Fsp3) is 0.625. The van der Waals surface area contributed by atoms with E-state index in [-0.39, 0.29) is 46.3 Å². The number of fused-ring (bicyclic) bond motifs is 6. The van der Waals surface area contributed by atoms with Crippen LogP contribution in [0.1, 0.15) is 117 Å². The van der Waals surface area contributed by atoms with Gasteiger partial charge >= 0.3 is 12.4 Å². The number of furan rings is 2. The van der Waals surface area contributed by atoms with E-state index < -0.39 is 54.8 Å². The molecule has 19 heteroatoms. The lowest BCUT2D eigenvalue weighted by atomic mass is 9.78. The van der Waals surface area contributed by atoms with Crippen LogP contribution in [0.3, 0.4) is 0 Å². The zero-order valence-corrected chi connectivity index (χ0v) is 39.9. The van der Waals surface area contributed by atoms with Crippen LogP contribution in [0, 0.1) is 11.8 Å². The van der Waals surface area contributed by atoms with Crippen LogP contribution in [0.5, 0.6) is 0 Å². The third kappa shape index (κ3) is 11.1. The summed E-state index contributed by atoms with van der Waals surface area (Å²) in [6.07, 6.45) is -1.34. The Morgan fingerprint density at radius 1 is 0.701 bits per heavy atom. The largest absolute Gasteiger partial charge is 0.449 e. The Morgan fingerprint density at radius 3 is 1.49 bits per heavy atom. The zero-order valence-electron chi connectivity index (χ0n) is 38.9. The number of rotatable bonds is 10. The smallest absolute Gasteiger partial charge is 0.416 e. The normalized spacial score (nSPS) is 24.3. The number of amides is 2. The number of nitrogens with zero attached hydrogens (tertiary/aromatic N) is 2. The van der Waals surface area contributed by atoms with Crippen molar-refractivity contribution in [2.75, 3.05) is 62.3 Å². The van der Waals surface area contributed by atoms with Gasteiger partial charge in [-0.2, -0.15) is 26.3 Å². The number of hydrogen-bond donors (Lipinski definition) is 5. The van der Waals surface area contributed by atoms with Crippen LogP contribution in [0.25, 0.3) is 21.9 Å². The number of anilines is 2. The van der Waals surface area contributed by atoms with E-state index in [1.54, 1.807) is 0 Å². The van der Waals surface area contributed by atoms with Gasteiger partial charge in [0.05, 0.1) is 46.9 Å². The van der Waals surface area contributed by atoms with E-state index in [2.05, 4.69) is 44.5 Å².